The van der Waals surface area contributed by atoms with Crippen LogP contribution in [0.2, 0.25) is 0 Å². The predicted octanol–water partition coefficient (Wildman–Crippen LogP) is 1.82. The number of aryl methyl sites for hydroxylation is 2. The van der Waals surface area contributed by atoms with Crippen molar-refractivity contribution in [3.8, 4) is 11.5 Å². The molecule has 0 aliphatic carbocycles. The van der Waals surface area contributed by atoms with Crippen molar-refractivity contribution in [2.45, 2.75) is 44.8 Å². The Labute approximate surface area is 206 Å². The molecule has 10 heteroatoms. The number of carbonyl (C=O) groups excluding carboxylic acids is 3. The maximum atomic E-state index is 13.9. The van der Waals surface area contributed by atoms with Crippen LogP contribution in [0.4, 0.5) is 5.69 Å². The molecule has 2 saturated heterocycles. The Morgan fingerprint density at radius 1 is 1.11 bits per heavy atom. The number of carboxylic acids is 1. The van der Waals surface area contributed by atoms with E-state index in [4.69, 9.17) is 9.47 Å². The second-order valence-corrected chi connectivity index (χ2v) is 9.90. The van der Waals surface area contributed by atoms with E-state index in [1.165, 1.54) is 4.90 Å². The molecule has 1 spiro atoms. The number of ether oxygens (including phenoxy) is 2. The van der Waals surface area contributed by atoms with Gasteiger partial charge in [0.1, 0.15) is 5.54 Å². The number of carbonyl (C=O) groups is 4. The summed E-state index contributed by atoms with van der Waals surface area (Å²) >= 11 is 0. The molecule has 0 saturated carbocycles. The number of amides is 3. The largest absolute Gasteiger partial charge is 0.481 e. The van der Waals surface area contributed by atoms with Gasteiger partial charge in [0, 0.05) is 23.7 Å². The zero-order chi connectivity index (χ0) is 25.4. The number of fused-ring (bicyclic) bond motifs is 5. The first-order valence-electron chi connectivity index (χ1n) is 11.9. The summed E-state index contributed by atoms with van der Waals surface area (Å²) in [7, 11) is 0. The third-order valence-corrected chi connectivity index (χ3v) is 7.70. The van der Waals surface area contributed by atoms with E-state index < -0.39 is 47.1 Å². The third-order valence-electron chi connectivity index (χ3n) is 7.70. The third kappa shape index (κ3) is 3.07. The fourth-order valence-electron chi connectivity index (χ4n) is 6.22. The molecule has 186 valence electrons. The number of aliphatic carboxylic acids is 1. The van der Waals surface area contributed by atoms with Crippen LogP contribution in [-0.4, -0.2) is 46.5 Å². The molecule has 0 aromatic heterocycles. The molecule has 6 rings (SSSR count). The van der Waals surface area contributed by atoms with Crippen molar-refractivity contribution in [1.29, 1.82) is 0 Å². The van der Waals surface area contributed by atoms with Crippen LogP contribution >= 0.6 is 0 Å². The first-order valence-corrected chi connectivity index (χ1v) is 11.9. The minimum absolute atomic E-state index is 0.0182. The van der Waals surface area contributed by atoms with Gasteiger partial charge in [-0.15, -0.1) is 0 Å². The number of carboxylic acid groups (broad SMARTS) is 1. The summed E-state index contributed by atoms with van der Waals surface area (Å²) in [4.78, 5) is 53.8. The highest BCUT2D eigenvalue weighted by atomic mass is 16.7. The van der Waals surface area contributed by atoms with Crippen LogP contribution in [0.3, 0.4) is 0 Å². The average Bonchev–Trinajstić information content (AvgIpc) is 3.55. The second kappa shape index (κ2) is 7.79. The molecule has 0 bridgehead atoms. The molecule has 3 N–H and O–H groups in total. The minimum Gasteiger partial charge on any atom is -0.481 e. The van der Waals surface area contributed by atoms with Crippen LogP contribution in [0.5, 0.6) is 11.5 Å². The average molecular weight is 492 g/mol. The zero-order valence-electron chi connectivity index (χ0n) is 19.8. The molecule has 2 aromatic carbocycles. The number of likely N-dealkylation sites (tertiary alicyclic amines) is 1. The molecule has 0 unspecified atom stereocenters. The summed E-state index contributed by atoms with van der Waals surface area (Å²) in [6.07, 6.45) is -0.0789. The van der Waals surface area contributed by atoms with E-state index in [-0.39, 0.29) is 26.2 Å². The van der Waals surface area contributed by atoms with Crippen molar-refractivity contribution in [3.05, 3.63) is 52.6 Å². The van der Waals surface area contributed by atoms with Gasteiger partial charge in [-0.05, 0) is 43.5 Å². The van der Waals surface area contributed by atoms with Crippen molar-refractivity contribution in [3.63, 3.8) is 0 Å². The summed E-state index contributed by atoms with van der Waals surface area (Å²) in [6, 6.07) is 8.39. The van der Waals surface area contributed by atoms with Gasteiger partial charge >= 0.3 is 5.97 Å². The molecule has 2 aromatic rings. The molecular formula is C26H25N3O7. The number of rotatable bonds is 5. The Morgan fingerprint density at radius 3 is 2.67 bits per heavy atom. The maximum Gasteiger partial charge on any atom is 0.303 e. The van der Waals surface area contributed by atoms with Gasteiger partial charge in [0.2, 0.25) is 24.5 Å². The number of nitrogens with zero attached hydrogens (tertiary/aromatic N) is 1. The molecule has 36 heavy (non-hydrogen) atoms. The van der Waals surface area contributed by atoms with Crippen molar-refractivity contribution < 1.29 is 33.8 Å². The minimum atomic E-state index is -1.45. The first kappa shape index (κ1) is 22.5. The van der Waals surface area contributed by atoms with E-state index in [1.54, 1.807) is 18.2 Å². The van der Waals surface area contributed by atoms with E-state index in [1.807, 2.05) is 26.0 Å². The van der Waals surface area contributed by atoms with Crippen LogP contribution in [0, 0.1) is 25.7 Å². The van der Waals surface area contributed by atoms with Gasteiger partial charge in [0.05, 0.1) is 18.4 Å². The number of hydrogen-bond acceptors (Lipinski definition) is 7. The summed E-state index contributed by atoms with van der Waals surface area (Å²) in [5.74, 6) is -2.97. The van der Waals surface area contributed by atoms with Gasteiger partial charge in [0.15, 0.2) is 11.5 Å². The molecule has 4 aliphatic rings. The second-order valence-electron chi connectivity index (χ2n) is 9.90. The van der Waals surface area contributed by atoms with Gasteiger partial charge in [0.25, 0.3) is 0 Å². The number of hydrogen-bond donors (Lipinski definition) is 3. The zero-order valence-corrected chi connectivity index (χ0v) is 19.8. The van der Waals surface area contributed by atoms with Crippen LogP contribution in [0.25, 0.3) is 0 Å². The van der Waals surface area contributed by atoms with Crippen molar-refractivity contribution in [1.82, 2.24) is 10.2 Å². The van der Waals surface area contributed by atoms with Crippen LogP contribution in [-0.2, 0) is 31.3 Å². The number of imide groups is 1. The quantitative estimate of drug-likeness (QED) is 0.540. The highest BCUT2D eigenvalue weighted by molar-refractivity contribution is 6.15. The Bertz CT molecular complexity index is 1360. The lowest BCUT2D eigenvalue weighted by atomic mass is 9.75. The Morgan fingerprint density at radius 2 is 1.89 bits per heavy atom. The highest BCUT2D eigenvalue weighted by Crippen LogP contribution is 2.54. The SMILES string of the molecule is Cc1cc(C)c2c(c1)[C@@]1(N[C@@H](CCC(=O)O)[C@H]3C(=O)N(Cc4ccc5c(c4)OCO5)C(=O)[C@@H]31)C(=O)N2. The van der Waals surface area contributed by atoms with Crippen LogP contribution in [0.1, 0.15) is 35.1 Å². The normalized spacial score (nSPS) is 27.6. The number of nitrogens with one attached hydrogen (secondary N) is 2. The standard InChI is InChI=1S/C26H25N3O7/c1-12-7-13(2)22-15(8-12)26(25(34)27-22)21-20(16(28-26)4-6-19(30)31)23(32)29(24(21)33)10-14-3-5-17-18(9-14)36-11-35-17/h3,5,7-9,16,20-21,28H,4,6,10-11H2,1-2H3,(H,27,34)(H,30,31)/t16-,20+,21+,26-/m0/s1. The van der Waals surface area contributed by atoms with E-state index in [0.717, 1.165) is 11.1 Å². The van der Waals surface area contributed by atoms with E-state index in [2.05, 4.69) is 10.6 Å². The smallest absolute Gasteiger partial charge is 0.303 e. The topological polar surface area (TPSA) is 134 Å². The van der Waals surface area contributed by atoms with Gasteiger partial charge in [-0.1, -0.05) is 23.8 Å². The molecule has 2 fully saturated rings. The molecule has 4 aliphatic heterocycles. The highest BCUT2D eigenvalue weighted by Gasteiger charge is 2.70. The van der Waals surface area contributed by atoms with Crippen molar-refractivity contribution in [2.24, 2.45) is 11.8 Å². The van der Waals surface area contributed by atoms with Gasteiger partial charge < -0.3 is 19.9 Å². The molecule has 4 heterocycles. The summed E-state index contributed by atoms with van der Waals surface area (Å²) in [5.41, 5.74) is 2.28. The number of anilines is 1. The van der Waals surface area contributed by atoms with E-state index in [0.29, 0.717) is 28.3 Å². The lowest BCUT2D eigenvalue weighted by Crippen LogP contribution is -2.53. The molecule has 4 atom stereocenters. The first-order chi connectivity index (χ1) is 17.2. The van der Waals surface area contributed by atoms with Gasteiger partial charge in [-0.2, -0.15) is 0 Å². The van der Waals surface area contributed by atoms with Crippen molar-refractivity contribution in [2.75, 3.05) is 12.1 Å². The fraction of sp³-hybridized carbons (Fsp3) is 0.385. The van der Waals surface area contributed by atoms with E-state index >= 15 is 0 Å². The van der Waals surface area contributed by atoms with E-state index in [9.17, 15) is 24.3 Å². The monoisotopic (exact) mass is 491 g/mol. The molecule has 3 amide bonds. The van der Waals surface area contributed by atoms with Crippen molar-refractivity contribution >= 4 is 29.4 Å². The lowest BCUT2D eigenvalue weighted by Gasteiger charge is -2.30. The van der Waals surface area contributed by atoms with Gasteiger partial charge in [-0.25, -0.2) is 0 Å². The fourth-order valence-corrected chi connectivity index (χ4v) is 6.22. The Balaban J connectivity index is 1.42. The molecule has 0 radical (unpaired) electrons. The van der Waals surface area contributed by atoms with Gasteiger partial charge in [-0.3, -0.25) is 29.4 Å². The number of benzene rings is 2. The Hall–Kier alpha value is -3.92. The van der Waals surface area contributed by atoms with Crippen LogP contribution < -0.4 is 20.1 Å². The molecule has 10 nitrogen and oxygen atoms in total. The van der Waals surface area contributed by atoms with Crippen LogP contribution in [0.15, 0.2) is 30.3 Å². The summed E-state index contributed by atoms with van der Waals surface area (Å²) in [5, 5.41) is 15.5. The Kier molecular flexibility index (Phi) is 4.88. The maximum absolute atomic E-state index is 13.9. The molecular weight excluding hydrogens is 466 g/mol. The summed E-state index contributed by atoms with van der Waals surface area (Å²) < 4.78 is 10.8. The summed E-state index contributed by atoms with van der Waals surface area (Å²) in [6.45, 7) is 3.92. The predicted molar refractivity (Wildman–Crippen MR) is 125 cm³/mol. The lowest BCUT2D eigenvalue weighted by molar-refractivity contribution is -0.144.